The smallest absolute Gasteiger partial charge is 0.193 e. The summed E-state index contributed by atoms with van der Waals surface area (Å²) < 4.78 is 26.8. The monoisotopic (exact) mass is 328 g/mol. The van der Waals surface area contributed by atoms with Crippen LogP contribution in [0.1, 0.15) is 16.7 Å². The zero-order valence-corrected chi connectivity index (χ0v) is 13.6. The van der Waals surface area contributed by atoms with Crippen molar-refractivity contribution in [3.8, 4) is 6.07 Å². The minimum atomic E-state index is -0.432. The zero-order valence-electron chi connectivity index (χ0n) is 13.6. The van der Waals surface area contributed by atoms with Crippen molar-refractivity contribution in [2.45, 2.75) is 13.1 Å². The Labute approximate surface area is 140 Å². The summed E-state index contributed by atoms with van der Waals surface area (Å²) in [6, 6.07) is 12.5. The summed E-state index contributed by atoms with van der Waals surface area (Å²) in [5.41, 5.74) is 1.67. The standard InChI is InChI=1S/C18H18F2N4/c1-22-18(24(2)12-13-4-7-16(19)8-5-13)23-11-15-6-3-14(10-21)9-17(15)20/h3-9H,11-12H2,1-2H3,(H,22,23). The van der Waals surface area contributed by atoms with Gasteiger partial charge in [-0.3, -0.25) is 4.99 Å². The molecule has 0 aromatic heterocycles. The number of nitrogens with one attached hydrogen (secondary N) is 1. The van der Waals surface area contributed by atoms with E-state index in [1.54, 1.807) is 31.3 Å². The molecule has 24 heavy (non-hydrogen) atoms. The second kappa shape index (κ2) is 8.06. The van der Waals surface area contributed by atoms with Crippen LogP contribution in [0.15, 0.2) is 47.5 Å². The first kappa shape index (κ1) is 17.4. The highest BCUT2D eigenvalue weighted by Crippen LogP contribution is 2.10. The van der Waals surface area contributed by atoms with E-state index in [0.717, 1.165) is 5.56 Å². The Morgan fingerprint density at radius 2 is 1.92 bits per heavy atom. The summed E-state index contributed by atoms with van der Waals surface area (Å²) in [4.78, 5) is 6.02. The number of halogens is 2. The van der Waals surface area contributed by atoms with E-state index < -0.39 is 5.82 Å². The van der Waals surface area contributed by atoms with Crippen LogP contribution in [-0.2, 0) is 13.1 Å². The third-order valence-electron chi connectivity index (χ3n) is 3.53. The fourth-order valence-electron chi connectivity index (χ4n) is 2.26. The molecule has 0 saturated heterocycles. The van der Waals surface area contributed by atoms with E-state index in [1.807, 2.05) is 18.0 Å². The van der Waals surface area contributed by atoms with Gasteiger partial charge in [-0.15, -0.1) is 0 Å². The molecule has 2 aromatic rings. The minimum Gasteiger partial charge on any atom is -0.352 e. The molecule has 0 amide bonds. The van der Waals surface area contributed by atoms with E-state index in [-0.39, 0.29) is 17.9 Å². The van der Waals surface area contributed by atoms with Crippen LogP contribution in [0, 0.1) is 23.0 Å². The molecule has 4 nitrogen and oxygen atoms in total. The highest BCUT2D eigenvalue weighted by Gasteiger charge is 2.09. The molecule has 2 aromatic carbocycles. The highest BCUT2D eigenvalue weighted by molar-refractivity contribution is 5.79. The summed E-state index contributed by atoms with van der Waals surface area (Å²) in [5, 5.41) is 11.8. The third-order valence-corrected chi connectivity index (χ3v) is 3.53. The molecule has 0 aliphatic rings. The third kappa shape index (κ3) is 4.53. The Hall–Kier alpha value is -2.94. The first-order valence-corrected chi connectivity index (χ1v) is 7.38. The van der Waals surface area contributed by atoms with Crippen molar-refractivity contribution in [3.63, 3.8) is 0 Å². The van der Waals surface area contributed by atoms with E-state index in [0.29, 0.717) is 18.1 Å². The zero-order chi connectivity index (χ0) is 17.5. The number of nitriles is 1. The molecule has 0 radical (unpaired) electrons. The maximum Gasteiger partial charge on any atom is 0.193 e. The molecule has 0 spiro atoms. The quantitative estimate of drug-likeness (QED) is 0.693. The van der Waals surface area contributed by atoms with E-state index in [1.165, 1.54) is 18.2 Å². The van der Waals surface area contributed by atoms with E-state index in [2.05, 4.69) is 10.3 Å². The highest BCUT2D eigenvalue weighted by atomic mass is 19.1. The Kier molecular flexibility index (Phi) is 5.85. The van der Waals surface area contributed by atoms with Gasteiger partial charge in [0, 0.05) is 32.7 Å². The summed E-state index contributed by atoms with van der Waals surface area (Å²) in [6.07, 6.45) is 0. The molecule has 0 aliphatic heterocycles. The topological polar surface area (TPSA) is 51.4 Å². The van der Waals surface area contributed by atoms with Crippen molar-refractivity contribution in [3.05, 3.63) is 70.8 Å². The number of guanidine groups is 1. The van der Waals surface area contributed by atoms with Crippen molar-refractivity contribution >= 4 is 5.96 Å². The van der Waals surface area contributed by atoms with Gasteiger partial charge in [-0.1, -0.05) is 18.2 Å². The number of benzene rings is 2. The second-order valence-electron chi connectivity index (χ2n) is 5.30. The van der Waals surface area contributed by atoms with Crippen LogP contribution in [0.5, 0.6) is 0 Å². The van der Waals surface area contributed by atoms with Crippen LogP contribution in [0.2, 0.25) is 0 Å². The van der Waals surface area contributed by atoms with Crippen molar-refractivity contribution < 1.29 is 8.78 Å². The number of hydrogen-bond acceptors (Lipinski definition) is 2. The molecule has 0 atom stereocenters. The van der Waals surface area contributed by atoms with Gasteiger partial charge in [-0.25, -0.2) is 8.78 Å². The van der Waals surface area contributed by atoms with Gasteiger partial charge >= 0.3 is 0 Å². The molecule has 0 aliphatic carbocycles. The minimum absolute atomic E-state index is 0.248. The lowest BCUT2D eigenvalue weighted by Gasteiger charge is -2.22. The van der Waals surface area contributed by atoms with E-state index >= 15 is 0 Å². The molecule has 2 rings (SSSR count). The Morgan fingerprint density at radius 1 is 1.21 bits per heavy atom. The van der Waals surface area contributed by atoms with Crippen molar-refractivity contribution in [1.82, 2.24) is 10.2 Å². The van der Waals surface area contributed by atoms with Crippen LogP contribution in [0.25, 0.3) is 0 Å². The fourth-order valence-corrected chi connectivity index (χ4v) is 2.26. The lowest BCUT2D eigenvalue weighted by molar-refractivity contribution is 0.474. The molecule has 124 valence electrons. The Balaban J connectivity index is 1.99. The average Bonchev–Trinajstić information content (AvgIpc) is 2.58. The summed E-state index contributed by atoms with van der Waals surface area (Å²) >= 11 is 0. The summed E-state index contributed by atoms with van der Waals surface area (Å²) in [7, 11) is 3.48. The largest absolute Gasteiger partial charge is 0.352 e. The molecule has 0 unspecified atom stereocenters. The predicted octanol–water partition coefficient (Wildman–Crippen LogP) is 3.04. The normalized spacial score (nSPS) is 11.0. The van der Waals surface area contributed by atoms with Gasteiger partial charge < -0.3 is 10.2 Å². The number of nitrogens with zero attached hydrogens (tertiary/aromatic N) is 3. The van der Waals surface area contributed by atoms with Gasteiger partial charge in [0.1, 0.15) is 11.6 Å². The molecular formula is C18H18F2N4. The first-order valence-electron chi connectivity index (χ1n) is 7.38. The Bertz CT molecular complexity index is 764. The molecule has 0 saturated carbocycles. The maximum atomic E-state index is 13.9. The number of hydrogen-bond donors (Lipinski definition) is 1. The van der Waals surface area contributed by atoms with Crippen molar-refractivity contribution in [2.24, 2.45) is 4.99 Å². The predicted molar refractivity (Wildman–Crippen MR) is 89.2 cm³/mol. The van der Waals surface area contributed by atoms with Gasteiger partial charge in [0.2, 0.25) is 0 Å². The SMILES string of the molecule is CN=C(NCc1ccc(C#N)cc1F)N(C)Cc1ccc(F)cc1. The van der Waals surface area contributed by atoms with Crippen LogP contribution in [0.3, 0.4) is 0 Å². The van der Waals surface area contributed by atoms with Crippen molar-refractivity contribution in [1.29, 1.82) is 5.26 Å². The molecule has 0 bridgehead atoms. The summed E-state index contributed by atoms with van der Waals surface area (Å²) in [6.45, 7) is 0.785. The second-order valence-corrected chi connectivity index (χ2v) is 5.30. The first-order chi connectivity index (χ1) is 11.5. The van der Waals surface area contributed by atoms with Crippen LogP contribution >= 0.6 is 0 Å². The summed E-state index contributed by atoms with van der Waals surface area (Å²) in [5.74, 6) is -0.124. The fraction of sp³-hybridized carbons (Fsp3) is 0.222. The molecule has 1 N–H and O–H groups in total. The molecule has 6 heteroatoms. The molecule has 0 fully saturated rings. The maximum absolute atomic E-state index is 13.9. The number of rotatable bonds is 4. The van der Waals surface area contributed by atoms with Crippen molar-refractivity contribution in [2.75, 3.05) is 14.1 Å². The van der Waals surface area contributed by atoms with Crippen LogP contribution in [0.4, 0.5) is 8.78 Å². The van der Waals surface area contributed by atoms with Gasteiger partial charge in [-0.2, -0.15) is 5.26 Å². The van der Waals surface area contributed by atoms with E-state index in [4.69, 9.17) is 5.26 Å². The molecule has 0 heterocycles. The van der Waals surface area contributed by atoms with E-state index in [9.17, 15) is 8.78 Å². The lowest BCUT2D eigenvalue weighted by atomic mass is 10.1. The Morgan fingerprint density at radius 3 is 2.50 bits per heavy atom. The van der Waals surface area contributed by atoms with Crippen LogP contribution < -0.4 is 5.32 Å². The average molecular weight is 328 g/mol. The van der Waals surface area contributed by atoms with Gasteiger partial charge in [0.25, 0.3) is 0 Å². The van der Waals surface area contributed by atoms with Gasteiger partial charge in [0.15, 0.2) is 5.96 Å². The van der Waals surface area contributed by atoms with Gasteiger partial charge in [-0.05, 0) is 29.8 Å². The molecular weight excluding hydrogens is 310 g/mol. The number of aliphatic imine (C=N–C) groups is 1. The van der Waals surface area contributed by atoms with Gasteiger partial charge in [0.05, 0.1) is 11.6 Å². The lowest BCUT2D eigenvalue weighted by Crippen LogP contribution is -2.38. The van der Waals surface area contributed by atoms with Crippen LogP contribution in [-0.4, -0.2) is 25.0 Å².